The molecule has 0 saturated heterocycles. The van der Waals surface area contributed by atoms with Gasteiger partial charge in [0.15, 0.2) is 5.83 Å². The van der Waals surface area contributed by atoms with E-state index < -0.39 is 23.9 Å². The highest BCUT2D eigenvalue weighted by Crippen LogP contribution is 2.37. The minimum Gasteiger partial charge on any atom is -0.391 e. The molecule has 2 atom stereocenters. The van der Waals surface area contributed by atoms with Crippen LogP contribution in [0.25, 0.3) is 0 Å². The summed E-state index contributed by atoms with van der Waals surface area (Å²) in [7, 11) is 0. The molecule has 0 aromatic rings. The highest BCUT2D eigenvalue weighted by atomic mass is 19.1. The molecular weight excluding hydrogens is 209 g/mol. The number of aliphatic hydroxyl groups is 1. The number of allylic oxidation sites excluding steroid dienone is 1. The van der Waals surface area contributed by atoms with E-state index in [4.69, 9.17) is 0 Å². The molecule has 1 rings (SSSR count). The van der Waals surface area contributed by atoms with Gasteiger partial charge in [-0.3, -0.25) is 4.79 Å². The van der Waals surface area contributed by atoms with Crippen LogP contribution in [0.15, 0.2) is 11.4 Å². The Labute approximate surface area is 95.7 Å². The first-order valence-corrected chi connectivity index (χ1v) is 5.82. The predicted molar refractivity (Wildman–Crippen MR) is 60.4 cm³/mol. The second kappa shape index (κ2) is 5.43. The van der Waals surface area contributed by atoms with Crippen LogP contribution in [-0.4, -0.2) is 23.2 Å². The maximum absolute atomic E-state index is 13.6. The Hall–Kier alpha value is -0.900. The minimum absolute atomic E-state index is 0.247. The molecule has 0 radical (unpaired) electrons. The number of carbonyl (C=O) groups is 1. The van der Waals surface area contributed by atoms with Crippen molar-refractivity contribution in [3.8, 4) is 0 Å². The molecule has 92 valence electrons. The van der Waals surface area contributed by atoms with Crippen LogP contribution in [0.1, 0.15) is 40.0 Å². The van der Waals surface area contributed by atoms with Gasteiger partial charge in [-0.05, 0) is 44.6 Å². The molecule has 0 heterocycles. The lowest BCUT2D eigenvalue weighted by Crippen LogP contribution is -2.41. The third-order valence-corrected chi connectivity index (χ3v) is 3.09. The van der Waals surface area contributed by atoms with Crippen molar-refractivity contribution in [3.63, 3.8) is 0 Å². The van der Waals surface area contributed by atoms with E-state index in [1.165, 1.54) is 0 Å². The molecule has 1 amide bonds. The van der Waals surface area contributed by atoms with E-state index >= 15 is 0 Å². The van der Waals surface area contributed by atoms with E-state index in [-0.39, 0.29) is 5.92 Å². The molecule has 1 fully saturated rings. The molecular formula is C12H20FNO2. The molecule has 1 aliphatic carbocycles. The van der Waals surface area contributed by atoms with Gasteiger partial charge in [-0.15, -0.1) is 0 Å². The molecule has 0 aromatic heterocycles. The van der Waals surface area contributed by atoms with Crippen molar-refractivity contribution in [1.29, 1.82) is 0 Å². The standard InChI is InChI=1S/C12H20FNO2/c1-4-10(15)8(3)14-12(16)11(13)7(2)9-5-6-9/h8-10,15H,4-6H2,1-3H3,(H,14,16)/b11-7-. The average Bonchev–Trinajstić information content (AvgIpc) is 3.09. The summed E-state index contributed by atoms with van der Waals surface area (Å²) in [5.41, 5.74) is 0.538. The summed E-state index contributed by atoms with van der Waals surface area (Å²) < 4.78 is 13.6. The van der Waals surface area contributed by atoms with Crippen molar-refractivity contribution in [2.75, 3.05) is 0 Å². The van der Waals surface area contributed by atoms with Crippen molar-refractivity contribution in [3.05, 3.63) is 11.4 Å². The Balaban J connectivity index is 2.54. The summed E-state index contributed by atoms with van der Waals surface area (Å²) in [4.78, 5) is 11.5. The highest BCUT2D eigenvalue weighted by Gasteiger charge is 2.28. The van der Waals surface area contributed by atoms with Crippen LogP contribution in [0, 0.1) is 5.92 Å². The first kappa shape index (κ1) is 13.2. The Morgan fingerprint density at radius 3 is 2.56 bits per heavy atom. The van der Waals surface area contributed by atoms with Gasteiger partial charge in [-0.2, -0.15) is 0 Å². The summed E-state index contributed by atoms with van der Waals surface area (Å²) in [6.45, 7) is 5.15. The van der Waals surface area contributed by atoms with Crippen molar-refractivity contribution >= 4 is 5.91 Å². The molecule has 16 heavy (non-hydrogen) atoms. The number of rotatable bonds is 5. The number of aliphatic hydroxyl groups excluding tert-OH is 1. The fourth-order valence-corrected chi connectivity index (χ4v) is 1.59. The molecule has 3 nitrogen and oxygen atoms in total. The molecule has 0 aromatic carbocycles. The van der Waals surface area contributed by atoms with Gasteiger partial charge in [0.05, 0.1) is 12.1 Å². The smallest absolute Gasteiger partial charge is 0.280 e. The van der Waals surface area contributed by atoms with Crippen LogP contribution in [-0.2, 0) is 4.79 Å². The lowest BCUT2D eigenvalue weighted by Gasteiger charge is -2.18. The summed E-state index contributed by atoms with van der Waals surface area (Å²) in [6, 6.07) is -0.421. The summed E-state index contributed by atoms with van der Waals surface area (Å²) in [5.74, 6) is -1.14. The van der Waals surface area contributed by atoms with Crippen LogP contribution in [0.2, 0.25) is 0 Å². The number of halogens is 1. The number of nitrogens with one attached hydrogen (secondary N) is 1. The van der Waals surface area contributed by atoms with E-state index in [1.807, 2.05) is 6.92 Å². The van der Waals surface area contributed by atoms with Gasteiger partial charge in [0, 0.05) is 0 Å². The maximum Gasteiger partial charge on any atom is 0.280 e. The van der Waals surface area contributed by atoms with Crippen LogP contribution >= 0.6 is 0 Å². The van der Waals surface area contributed by atoms with E-state index in [0.29, 0.717) is 12.0 Å². The maximum atomic E-state index is 13.6. The zero-order valence-corrected chi connectivity index (χ0v) is 10.1. The highest BCUT2D eigenvalue weighted by molar-refractivity contribution is 5.92. The molecule has 0 bridgehead atoms. The summed E-state index contributed by atoms with van der Waals surface area (Å²) >= 11 is 0. The van der Waals surface area contributed by atoms with Gasteiger partial charge in [0.2, 0.25) is 0 Å². The van der Waals surface area contributed by atoms with E-state index in [1.54, 1.807) is 13.8 Å². The van der Waals surface area contributed by atoms with E-state index in [0.717, 1.165) is 12.8 Å². The summed E-state index contributed by atoms with van der Waals surface area (Å²) in [5, 5.41) is 11.9. The third-order valence-electron chi connectivity index (χ3n) is 3.09. The van der Waals surface area contributed by atoms with Crippen LogP contribution in [0.5, 0.6) is 0 Å². The SMILES string of the molecule is CCC(O)C(C)NC(=O)/C(F)=C(\C)C1CC1. The van der Waals surface area contributed by atoms with Gasteiger partial charge in [0.25, 0.3) is 5.91 Å². The van der Waals surface area contributed by atoms with Crippen LogP contribution in [0.4, 0.5) is 4.39 Å². The average molecular weight is 229 g/mol. The van der Waals surface area contributed by atoms with Crippen LogP contribution in [0.3, 0.4) is 0 Å². The van der Waals surface area contributed by atoms with Gasteiger partial charge in [0.1, 0.15) is 0 Å². The third kappa shape index (κ3) is 3.30. The minimum atomic E-state index is -0.704. The van der Waals surface area contributed by atoms with E-state index in [9.17, 15) is 14.3 Å². The van der Waals surface area contributed by atoms with Crippen molar-refractivity contribution in [2.45, 2.75) is 52.2 Å². The quantitative estimate of drug-likeness (QED) is 0.707. The first-order chi connectivity index (χ1) is 7.47. The number of carbonyl (C=O) groups excluding carboxylic acids is 1. The predicted octanol–water partition coefficient (Wildman–Crippen LogP) is 1.92. The number of hydrogen-bond donors (Lipinski definition) is 2. The second-order valence-corrected chi connectivity index (χ2v) is 4.51. The Morgan fingerprint density at radius 1 is 1.56 bits per heavy atom. The monoisotopic (exact) mass is 229 g/mol. The molecule has 4 heteroatoms. The number of hydrogen-bond acceptors (Lipinski definition) is 2. The van der Waals surface area contributed by atoms with Gasteiger partial charge < -0.3 is 10.4 Å². The topological polar surface area (TPSA) is 49.3 Å². The molecule has 1 aliphatic rings. The molecule has 0 spiro atoms. The molecule has 2 N–H and O–H groups in total. The van der Waals surface area contributed by atoms with Crippen LogP contribution < -0.4 is 5.32 Å². The molecule has 1 saturated carbocycles. The largest absolute Gasteiger partial charge is 0.391 e. The van der Waals surface area contributed by atoms with Gasteiger partial charge >= 0.3 is 0 Å². The lowest BCUT2D eigenvalue weighted by molar-refractivity contribution is -0.120. The normalized spacial score (nSPS) is 21.1. The Bertz CT molecular complexity index is 297. The Kier molecular flexibility index (Phi) is 4.47. The zero-order chi connectivity index (χ0) is 12.3. The van der Waals surface area contributed by atoms with Gasteiger partial charge in [-0.25, -0.2) is 4.39 Å². The van der Waals surface area contributed by atoms with Gasteiger partial charge in [-0.1, -0.05) is 6.92 Å². The fraction of sp³-hybridized carbons (Fsp3) is 0.750. The lowest BCUT2D eigenvalue weighted by atomic mass is 10.1. The van der Waals surface area contributed by atoms with Crippen molar-refractivity contribution in [1.82, 2.24) is 5.32 Å². The molecule has 2 unspecified atom stereocenters. The molecule has 0 aliphatic heterocycles. The van der Waals surface area contributed by atoms with Crippen molar-refractivity contribution < 1.29 is 14.3 Å². The Morgan fingerprint density at radius 2 is 2.12 bits per heavy atom. The first-order valence-electron chi connectivity index (χ1n) is 5.82. The van der Waals surface area contributed by atoms with E-state index in [2.05, 4.69) is 5.32 Å². The zero-order valence-electron chi connectivity index (χ0n) is 10.1. The summed E-state index contributed by atoms with van der Waals surface area (Å²) in [6.07, 6.45) is 1.85. The second-order valence-electron chi connectivity index (χ2n) is 4.51. The fourth-order valence-electron chi connectivity index (χ4n) is 1.59. The van der Waals surface area contributed by atoms with Crippen molar-refractivity contribution in [2.24, 2.45) is 5.92 Å². The number of amides is 1.